The molecule has 10 heteroatoms. The van der Waals surface area contributed by atoms with E-state index in [1.165, 1.54) is 82.2 Å². The van der Waals surface area contributed by atoms with E-state index < -0.39 is 0 Å². The van der Waals surface area contributed by atoms with E-state index in [0.29, 0.717) is 5.75 Å². The molecule has 0 aliphatic carbocycles. The van der Waals surface area contributed by atoms with Crippen molar-refractivity contribution < 1.29 is 9.68 Å². The average molecular weight is 1250 g/mol. The molecule has 12 aromatic carbocycles. The Morgan fingerprint density at radius 2 is 0.652 bits per heavy atom. The summed E-state index contributed by atoms with van der Waals surface area (Å²) in [6.07, 6.45) is 7.82. The van der Waals surface area contributed by atoms with Crippen LogP contribution in [0, 0.1) is 0 Å². The van der Waals surface area contributed by atoms with Crippen LogP contribution in [0.25, 0.3) is 143 Å². The minimum absolute atomic E-state index is 0.614. The van der Waals surface area contributed by atoms with E-state index in [1.54, 1.807) is 0 Å². The number of aromatic nitrogens is 6. The Hall–Kier alpha value is -11.6. The van der Waals surface area contributed by atoms with Gasteiger partial charge < -0.3 is 27.9 Å². The number of fused-ring (bicyclic) bond motifs is 12. The van der Waals surface area contributed by atoms with E-state index in [9.17, 15) is 5.02 Å². The second-order valence-corrected chi connectivity index (χ2v) is 23.4. The summed E-state index contributed by atoms with van der Waals surface area (Å²) in [6.45, 7) is 0. The third kappa shape index (κ3) is 9.77. The summed E-state index contributed by atoms with van der Waals surface area (Å²) >= 11 is 3.63. The minimum atomic E-state index is 0.614. The molecule has 0 saturated heterocycles. The molecule has 435 valence electrons. The van der Waals surface area contributed by atoms with Gasteiger partial charge in [0.25, 0.3) is 0 Å². The molecule has 0 spiro atoms. The number of nitrogens with zero attached hydrogens (tertiary/aromatic N) is 6. The SMILES string of the molecule is Brc1cncc2c1c1ccccc1n2-c1ccccc1.O[B]Oc1cccc2c3ccccc3n(-c3ccc(-c4ccccc4)cc3)c12.c1ccc(-c2ccc(-n3c4ccccc4c4cccc(-c5cncc6c5c5ccccc5n6-c5ccccc5)c43)cc2)cc1. The van der Waals surface area contributed by atoms with Gasteiger partial charge in [0.15, 0.2) is 0 Å². The summed E-state index contributed by atoms with van der Waals surface area (Å²) in [5.41, 5.74) is 20.5. The van der Waals surface area contributed by atoms with Gasteiger partial charge in [0.05, 0.1) is 56.5 Å². The molecule has 0 atom stereocenters. The minimum Gasteiger partial charge on any atom is -0.536 e. The first-order chi connectivity index (χ1) is 45.6. The largest absolute Gasteiger partial charge is 0.569 e. The molecular formula is C82H55BBrN6O2. The zero-order chi connectivity index (χ0) is 61.5. The van der Waals surface area contributed by atoms with E-state index in [2.05, 4.69) is 294 Å². The highest BCUT2D eigenvalue weighted by Gasteiger charge is 2.23. The first-order valence-corrected chi connectivity index (χ1v) is 31.4. The number of para-hydroxylation sites is 8. The number of halogens is 1. The monoisotopic (exact) mass is 1250 g/mol. The van der Waals surface area contributed by atoms with E-state index in [4.69, 9.17) is 9.64 Å². The molecule has 8 nitrogen and oxygen atoms in total. The molecule has 18 aromatic rings. The van der Waals surface area contributed by atoms with E-state index in [1.807, 2.05) is 73.3 Å². The number of hydrogen-bond acceptors (Lipinski definition) is 4. The molecule has 1 radical (unpaired) electrons. The molecule has 6 aromatic heterocycles. The Morgan fingerprint density at radius 1 is 0.283 bits per heavy atom. The number of hydrogen-bond donors (Lipinski definition) is 1. The fraction of sp³-hybridized carbons (Fsp3) is 0. The summed E-state index contributed by atoms with van der Waals surface area (Å²) < 4.78 is 15.6. The molecule has 0 saturated carbocycles. The summed E-state index contributed by atoms with van der Waals surface area (Å²) in [4.78, 5) is 9.17. The maximum absolute atomic E-state index is 9.22. The number of pyridine rings is 2. The molecule has 18 rings (SSSR count). The zero-order valence-electron chi connectivity index (χ0n) is 49.7. The van der Waals surface area contributed by atoms with Crippen molar-refractivity contribution in [2.75, 3.05) is 0 Å². The summed E-state index contributed by atoms with van der Waals surface area (Å²) in [6, 6.07) is 106. The van der Waals surface area contributed by atoms with Crippen LogP contribution in [0.3, 0.4) is 0 Å². The van der Waals surface area contributed by atoms with Crippen LogP contribution in [-0.4, -0.2) is 40.9 Å². The van der Waals surface area contributed by atoms with Gasteiger partial charge in [-0.1, -0.05) is 224 Å². The Kier molecular flexibility index (Phi) is 14.6. The highest BCUT2D eigenvalue weighted by atomic mass is 79.9. The smallest absolute Gasteiger partial charge is 0.536 e. The van der Waals surface area contributed by atoms with Crippen LogP contribution in [0.15, 0.2) is 333 Å². The fourth-order valence-electron chi connectivity index (χ4n) is 13.5. The standard InChI is InChI=1S/C41H27N3.C24H17BNO2.C17H11BrN2/c1-3-12-28(13-4-1)29-22-24-31(25-23-29)44-37-20-9-7-16-32(37)33-18-11-19-34(41(33)44)36-26-42-27-39-40(36)35-17-8-10-21-38(35)43(39)30-14-5-2-6-15-30;27-25-28-23-12-6-10-21-20-9-4-5-11-22(20)26(24(21)23)19-15-13-18(14-16-19)17-7-2-1-3-8-17;18-14-10-19-11-16-17(14)13-8-4-5-9-15(13)20(16)12-6-2-1-3-7-12/h1-27H;1-16,27H;1-11H. The predicted molar refractivity (Wildman–Crippen MR) is 385 cm³/mol. The third-order valence-electron chi connectivity index (χ3n) is 17.4. The third-order valence-corrected chi connectivity index (χ3v) is 18.0. The molecule has 0 aliphatic heterocycles. The topological polar surface area (TPSA) is 75.0 Å². The fourth-order valence-corrected chi connectivity index (χ4v) is 14.0. The number of rotatable bonds is 9. The molecule has 0 aliphatic rings. The molecular weight excluding hydrogens is 1190 g/mol. The second-order valence-electron chi connectivity index (χ2n) is 22.6. The van der Waals surface area contributed by atoms with Crippen LogP contribution in [0.1, 0.15) is 0 Å². The maximum atomic E-state index is 9.22. The summed E-state index contributed by atoms with van der Waals surface area (Å²) in [5.74, 6) is 0.614. The van der Waals surface area contributed by atoms with Crippen molar-refractivity contribution >= 4 is 111 Å². The van der Waals surface area contributed by atoms with Crippen LogP contribution in [0.5, 0.6) is 5.75 Å². The Bertz CT molecular complexity index is 5710. The van der Waals surface area contributed by atoms with Gasteiger partial charge in [0.2, 0.25) is 0 Å². The molecule has 0 fully saturated rings. The van der Waals surface area contributed by atoms with Gasteiger partial charge in [-0.05, 0) is 117 Å². The van der Waals surface area contributed by atoms with Gasteiger partial charge in [0, 0.05) is 93.8 Å². The van der Waals surface area contributed by atoms with Crippen LogP contribution in [0.4, 0.5) is 0 Å². The molecule has 0 amide bonds. The first kappa shape index (κ1) is 55.7. The zero-order valence-corrected chi connectivity index (χ0v) is 51.3. The van der Waals surface area contributed by atoms with Crippen LogP contribution in [0.2, 0.25) is 0 Å². The second kappa shape index (κ2) is 24.1. The van der Waals surface area contributed by atoms with Crippen molar-refractivity contribution in [3.05, 3.63) is 333 Å². The van der Waals surface area contributed by atoms with Gasteiger partial charge >= 0.3 is 7.69 Å². The van der Waals surface area contributed by atoms with Gasteiger partial charge in [-0.15, -0.1) is 0 Å². The van der Waals surface area contributed by atoms with E-state index in [-0.39, 0.29) is 0 Å². The lowest BCUT2D eigenvalue weighted by atomic mass is 9.99. The van der Waals surface area contributed by atoms with Crippen LogP contribution >= 0.6 is 15.9 Å². The van der Waals surface area contributed by atoms with Crippen molar-refractivity contribution in [2.45, 2.75) is 0 Å². The van der Waals surface area contributed by atoms with Gasteiger partial charge in [-0.25, -0.2) is 0 Å². The summed E-state index contributed by atoms with van der Waals surface area (Å²) in [5, 5.41) is 18.8. The lowest BCUT2D eigenvalue weighted by Gasteiger charge is -2.13. The Labute approximate surface area is 539 Å². The number of benzene rings is 12. The van der Waals surface area contributed by atoms with Crippen molar-refractivity contribution in [3.8, 4) is 61.9 Å². The van der Waals surface area contributed by atoms with Crippen molar-refractivity contribution in [1.29, 1.82) is 0 Å². The predicted octanol–water partition coefficient (Wildman–Crippen LogP) is 20.9. The van der Waals surface area contributed by atoms with Gasteiger partial charge in [-0.3, -0.25) is 9.97 Å². The van der Waals surface area contributed by atoms with Gasteiger partial charge in [0.1, 0.15) is 5.75 Å². The Balaban J connectivity index is 0.000000120. The lowest BCUT2D eigenvalue weighted by molar-refractivity contribution is 0.456. The first-order valence-electron chi connectivity index (χ1n) is 30.6. The molecule has 1 N–H and O–H groups in total. The maximum Gasteiger partial charge on any atom is 0.569 e. The van der Waals surface area contributed by atoms with Crippen molar-refractivity contribution in [1.82, 2.24) is 28.2 Å². The van der Waals surface area contributed by atoms with Crippen molar-refractivity contribution in [3.63, 3.8) is 0 Å². The highest BCUT2D eigenvalue weighted by molar-refractivity contribution is 9.10. The average Bonchev–Trinajstić information content (AvgIpc) is 1.58. The van der Waals surface area contributed by atoms with Gasteiger partial charge in [-0.2, -0.15) is 0 Å². The molecule has 0 bridgehead atoms. The molecule has 0 unspecified atom stereocenters. The quantitative estimate of drug-likeness (QED) is 0.146. The Morgan fingerprint density at radius 3 is 1.16 bits per heavy atom. The van der Waals surface area contributed by atoms with E-state index >= 15 is 0 Å². The molecule has 6 heterocycles. The van der Waals surface area contributed by atoms with E-state index in [0.717, 1.165) is 73.3 Å². The summed E-state index contributed by atoms with van der Waals surface area (Å²) in [7, 11) is 0.731. The highest BCUT2D eigenvalue weighted by Crippen LogP contribution is 2.44. The van der Waals surface area contributed by atoms with Crippen LogP contribution < -0.4 is 4.65 Å². The lowest BCUT2D eigenvalue weighted by Crippen LogP contribution is -2.02. The molecule has 92 heavy (non-hydrogen) atoms. The normalized spacial score (nSPS) is 11.4. The van der Waals surface area contributed by atoms with Crippen LogP contribution in [-0.2, 0) is 0 Å². The van der Waals surface area contributed by atoms with Crippen molar-refractivity contribution in [2.24, 2.45) is 0 Å².